The van der Waals surface area contributed by atoms with Crippen LogP contribution in [-0.2, 0) is 16.1 Å². The third-order valence-corrected chi connectivity index (χ3v) is 6.15. The molecule has 6 heteroatoms. The van der Waals surface area contributed by atoms with Crippen molar-refractivity contribution >= 4 is 23.2 Å². The summed E-state index contributed by atoms with van der Waals surface area (Å²) in [5, 5.41) is 5.08. The topological polar surface area (TPSA) is 58.6 Å². The van der Waals surface area contributed by atoms with Gasteiger partial charge in [-0.2, -0.15) is 0 Å². The molecule has 0 saturated carbocycles. The Kier molecular flexibility index (Phi) is 7.09. The molecule has 1 aromatic carbocycles. The van der Waals surface area contributed by atoms with Crippen molar-refractivity contribution in [3.8, 4) is 5.75 Å². The number of ether oxygens (including phenoxy) is 1. The highest BCUT2D eigenvalue weighted by Gasteiger charge is 2.41. The fourth-order valence-corrected chi connectivity index (χ4v) is 4.48. The van der Waals surface area contributed by atoms with Crippen LogP contribution in [0.5, 0.6) is 5.75 Å². The molecule has 0 aliphatic carbocycles. The van der Waals surface area contributed by atoms with E-state index >= 15 is 0 Å². The summed E-state index contributed by atoms with van der Waals surface area (Å²) in [6, 6.07) is 11.4. The number of thiophene rings is 1. The van der Waals surface area contributed by atoms with Crippen LogP contribution in [0.25, 0.3) is 0 Å². The largest absolute Gasteiger partial charge is 0.496 e. The van der Waals surface area contributed by atoms with E-state index in [1.165, 1.54) is 0 Å². The Morgan fingerprint density at radius 3 is 2.82 bits per heavy atom. The maximum absolute atomic E-state index is 13.1. The monoisotopic (exact) mass is 400 g/mol. The van der Waals surface area contributed by atoms with Gasteiger partial charge in [0.15, 0.2) is 0 Å². The van der Waals surface area contributed by atoms with Crippen LogP contribution >= 0.6 is 11.3 Å². The molecule has 0 bridgehead atoms. The molecule has 0 spiro atoms. The molecule has 1 aromatic heterocycles. The third-order valence-electron chi connectivity index (χ3n) is 5.27. The van der Waals surface area contributed by atoms with E-state index in [1.807, 2.05) is 46.7 Å². The highest BCUT2D eigenvalue weighted by molar-refractivity contribution is 7.09. The first kappa shape index (κ1) is 20.4. The molecule has 2 aromatic rings. The maximum Gasteiger partial charge on any atom is 0.225 e. The summed E-state index contributed by atoms with van der Waals surface area (Å²) in [4.78, 5) is 28.9. The van der Waals surface area contributed by atoms with Gasteiger partial charge in [0.1, 0.15) is 5.75 Å². The molecule has 1 fully saturated rings. The predicted molar refractivity (Wildman–Crippen MR) is 111 cm³/mol. The van der Waals surface area contributed by atoms with Crippen molar-refractivity contribution in [1.82, 2.24) is 10.2 Å². The van der Waals surface area contributed by atoms with Crippen molar-refractivity contribution in [2.75, 3.05) is 13.7 Å². The van der Waals surface area contributed by atoms with Gasteiger partial charge in [-0.25, -0.2) is 0 Å². The van der Waals surface area contributed by atoms with E-state index in [4.69, 9.17) is 4.74 Å². The van der Waals surface area contributed by atoms with E-state index in [0.717, 1.165) is 29.0 Å². The number of carbonyl (C=O) groups is 2. The molecule has 1 aliphatic rings. The Hall–Kier alpha value is -2.34. The van der Waals surface area contributed by atoms with Crippen LogP contribution in [0.3, 0.4) is 0 Å². The zero-order chi connectivity index (χ0) is 19.9. The molecular weight excluding hydrogens is 372 g/mol. The van der Waals surface area contributed by atoms with Crippen LogP contribution in [0.2, 0.25) is 0 Å². The second-order valence-electron chi connectivity index (χ2n) is 7.07. The molecule has 28 heavy (non-hydrogen) atoms. The molecule has 150 valence electrons. The summed E-state index contributed by atoms with van der Waals surface area (Å²) in [5.74, 6) is 0.551. The minimum Gasteiger partial charge on any atom is -0.496 e. The molecule has 2 atom stereocenters. The molecular formula is C22H28N2O3S. The first-order valence-corrected chi connectivity index (χ1v) is 10.8. The summed E-state index contributed by atoms with van der Waals surface area (Å²) < 4.78 is 5.57. The fourth-order valence-electron chi connectivity index (χ4n) is 3.83. The van der Waals surface area contributed by atoms with Gasteiger partial charge in [0.05, 0.1) is 25.6 Å². The molecule has 1 aliphatic heterocycles. The van der Waals surface area contributed by atoms with Crippen molar-refractivity contribution < 1.29 is 14.3 Å². The van der Waals surface area contributed by atoms with E-state index in [1.54, 1.807) is 18.4 Å². The summed E-state index contributed by atoms with van der Waals surface area (Å²) >= 11 is 1.63. The second kappa shape index (κ2) is 9.73. The number of likely N-dealkylation sites (tertiary alicyclic amines) is 1. The lowest BCUT2D eigenvalue weighted by Crippen LogP contribution is -2.48. The zero-order valence-electron chi connectivity index (χ0n) is 16.5. The highest BCUT2D eigenvalue weighted by atomic mass is 32.1. The van der Waals surface area contributed by atoms with Gasteiger partial charge in [0.25, 0.3) is 0 Å². The number of hydrogen-bond acceptors (Lipinski definition) is 4. The average Bonchev–Trinajstić information content (AvgIpc) is 3.24. The van der Waals surface area contributed by atoms with Crippen molar-refractivity contribution in [3.05, 3.63) is 52.2 Å². The Morgan fingerprint density at radius 1 is 1.29 bits per heavy atom. The quantitative estimate of drug-likeness (QED) is 0.724. The van der Waals surface area contributed by atoms with Gasteiger partial charge in [-0.15, -0.1) is 11.3 Å². The molecule has 3 rings (SSSR count). The van der Waals surface area contributed by atoms with Crippen LogP contribution in [0.15, 0.2) is 41.8 Å². The lowest BCUT2D eigenvalue weighted by atomic mass is 9.83. The smallest absolute Gasteiger partial charge is 0.225 e. The van der Waals surface area contributed by atoms with Gasteiger partial charge in [0.2, 0.25) is 11.8 Å². The lowest BCUT2D eigenvalue weighted by molar-refractivity contribution is -0.143. The Labute approximate surface area is 170 Å². The molecule has 0 radical (unpaired) electrons. The Bertz CT molecular complexity index is 791. The second-order valence-corrected chi connectivity index (χ2v) is 8.10. The average molecular weight is 401 g/mol. The number of hydrogen-bond donors (Lipinski definition) is 1. The van der Waals surface area contributed by atoms with E-state index in [2.05, 4.69) is 12.2 Å². The Morgan fingerprint density at radius 2 is 2.11 bits per heavy atom. The minimum atomic E-state index is -0.299. The number of rotatable bonds is 8. The third kappa shape index (κ3) is 4.55. The van der Waals surface area contributed by atoms with Crippen molar-refractivity contribution in [1.29, 1.82) is 0 Å². The first-order chi connectivity index (χ1) is 13.7. The molecule has 0 unspecified atom stereocenters. The van der Waals surface area contributed by atoms with E-state index in [0.29, 0.717) is 25.9 Å². The number of piperidine rings is 1. The number of nitrogens with one attached hydrogen (secondary N) is 1. The summed E-state index contributed by atoms with van der Waals surface area (Å²) in [5.41, 5.74) is 0.908. The number of benzene rings is 1. The molecule has 1 N–H and O–H groups in total. The van der Waals surface area contributed by atoms with Gasteiger partial charge in [0, 0.05) is 23.4 Å². The number of carbonyl (C=O) groups excluding carboxylic acids is 2. The van der Waals surface area contributed by atoms with Crippen LogP contribution in [0, 0.1) is 5.92 Å². The standard InChI is InChI=1S/C22H28N2O3S/c1-3-4-13-24-20(25)12-11-18(22(26)23-15-16-8-7-14-28-16)21(24)17-9-5-6-10-19(17)27-2/h5-10,14,18,21H,3-4,11-13,15H2,1-2H3,(H,23,26)/t18-,21-/m0/s1. The SMILES string of the molecule is CCCCN1C(=O)CC[C@H](C(=O)NCc2cccs2)[C@@H]1c1ccccc1OC. The molecule has 2 amide bonds. The fraction of sp³-hybridized carbons (Fsp3) is 0.455. The van der Waals surface area contributed by atoms with Crippen LogP contribution in [0.4, 0.5) is 0 Å². The minimum absolute atomic E-state index is 0.00157. The summed E-state index contributed by atoms with van der Waals surface area (Å²) in [6.07, 6.45) is 2.88. The molecule has 1 saturated heterocycles. The van der Waals surface area contributed by atoms with E-state index < -0.39 is 0 Å². The van der Waals surface area contributed by atoms with Gasteiger partial charge in [-0.1, -0.05) is 37.6 Å². The van der Waals surface area contributed by atoms with Gasteiger partial charge < -0.3 is 15.0 Å². The van der Waals surface area contributed by atoms with Crippen LogP contribution < -0.4 is 10.1 Å². The van der Waals surface area contributed by atoms with Gasteiger partial charge in [-0.3, -0.25) is 9.59 Å². The number of para-hydroxylation sites is 1. The van der Waals surface area contributed by atoms with Crippen molar-refractivity contribution in [3.63, 3.8) is 0 Å². The van der Waals surface area contributed by atoms with E-state index in [9.17, 15) is 9.59 Å². The van der Waals surface area contributed by atoms with Gasteiger partial charge >= 0.3 is 0 Å². The normalized spacial score (nSPS) is 19.5. The predicted octanol–water partition coefficient (Wildman–Crippen LogP) is 4.15. The lowest BCUT2D eigenvalue weighted by Gasteiger charge is -2.41. The van der Waals surface area contributed by atoms with Crippen molar-refractivity contribution in [2.45, 2.75) is 45.2 Å². The van der Waals surface area contributed by atoms with Crippen molar-refractivity contribution in [2.24, 2.45) is 5.92 Å². The number of methoxy groups -OCH3 is 1. The highest BCUT2D eigenvalue weighted by Crippen LogP contribution is 2.40. The number of nitrogens with zero attached hydrogens (tertiary/aromatic N) is 1. The van der Waals surface area contributed by atoms with Crippen LogP contribution in [-0.4, -0.2) is 30.4 Å². The molecule has 5 nitrogen and oxygen atoms in total. The maximum atomic E-state index is 13.1. The number of unbranched alkanes of at least 4 members (excludes halogenated alkanes) is 1. The van der Waals surface area contributed by atoms with Crippen LogP contribution in [0.1, 0.15) is 49.1 Å². The summed E-state index contributed by atoms with van der Waals surface area (Å²) in [6.45, 7) is 3.29. The molecule has 2 heterocycles. The van der Waals surface area contributed by atoms with E-state index in [-0.39, 0.29) is 23.8 Å². The zero-order valence-corrected chi connectivity index (χ0v) is 17.3. The van der Waals surface area contributed by atoms with Gasteiger partial charge in [-0.05, 0) is 30.4 Å². The Balaban J connectivity index is 1.89. The number of amides is 2. The first-order valence-electron chi connectivity index (χ1n) is 9.88. The summed E-state index contributed by atoms with van der Waals surface area (Å²) in [7, 11) is 1.63.